The van der Waals surface area contributed by atoms with Crippen LogP contribution in [0.1, 0.15) is 26.3 Å². The number of nitrogens with zero attached hydrogens (tertiary/aromatic N) is 2. The van der Waals surface area contributed by atoms with E-state index >= 15 is 0 Å². The van der Waals surface area contributed by atoms with Crippen molar-refractivity contribution in [2.75, 3.05) is 7.11 Å². The van der Waals surface area contributed by atoms with Crippen LogP contribution in [-0.2, 0) is 0 Å². The minimum absolute atomic E-state index is 0.380. The number of benzene rings is 2. The van der Waals surface area contributed by atoms with E-state index in [4.69, 9.17) is 4.74 Å². The number of imide groups is 1. The highest BCUT2D eigenvalue weighted by atomic mass is 16.5. The topological polar surface area (TPSA) is 59.0 Å². The zero-order valence-electron chi connectivity index (χ0n) is 11.3. The Morgan fingerprint density at radius 3 is 2.29 bits per heavy atom. The van der Waals surface area contributed by atoms with Gasteiger partial charge in [0.15, 0.2) is 0 Å². The summed E-state index contributed by atoms with van der Waals surface area (Å²) in [6.45, 7) is 0. The highest BCUT2D eigenvalue weighted by Gasteiger charge is 2.35. The van der Waals surface area contributed by atoms with Gasteiger partial charge in [-0.15, -0.1) is 0 Å². The van der Waals surface area contributed by atoms with Gasteiger partial charge < -0.3 is 4.74 Å². The quantitative estimate of drug-likeness (QED) is 0.640. The van der Waals surface area contributed by atoms with Gasteiger partial charge in [0, 0.05) is 0 Å². The smallest absolute Gasteiger partial charge is 0.282 e. The van der Waals surface area contributed by atoms with Crippen LogP contribution in [0.25, 0.3) is 0 Å². The van der Waals surface area contributed by atoms with Crippen LogP contribution in [0.3, 0.4) is 0 Å². The Labute approximate surface area is 121 Å². The Bertz CT molecular complexity index is 718. The third kappa shape index (κ3) is 2.29. The maximum atomic E-state index is 12.1. The fourth-order valence-electron chi connectivity index (χ4n) is 2.13. The van der Waals surface area contributed by atoms with Crippen molar-refractivity contribution in [3.8, 4) is 5.75 Å². The van der Waals surface area contributed by atoms with Gasteiger partial charge in [0.25, 0.3) is 11.8 Å². The van der Waals surface area contributed by atoms with Crippen LogP contribution in [0.5, 0.6) is 5.75 Å². The molecular weight excluding hydrogens is 268 g/mol. The van der Waals surface area contributed by atoms with Gasteiger partial charge in [-0.25, -0.2) is 0 Å². The van der Waals surface area contributed by atoms with Crippen LogP contribution in [0.4, 0.5) is 0 Å². The number of ether oxygens (including phenoxy) is 1. The van der Waals surface area contributed by atoms with Crippen molar-refractivity contribution >= 4 is 18.0 Å². The SMILES string of the molecule is COc1cccc(C=NN2C(=O)c3ccccc3C2=O)c1. The van der Waals surface area contributed by atoms with Crippen molar-refractivity contribution in [2.24, 2.45) is 5.10 Å². The third-order valence-electron chi connectivity index (χ3n) is 3.19. The lowest BCUT2D eigenvalue weighted by atomic mass is 10.1. The molecule has 2 aromatic carbocycles. The average Bonchev–Trinajstić information content (AvgIpc) is 2.78. The first-order valence-corrected chi connectivity index (χ1v) is 6.36. The van der Waals surface area contributed by atoms with Gasteiger partial charge in [-0.2, -0.15) is 10.1 Å². The molecular formula is C16H12N2O3. The maximum absolute atomic E-state index is 12.1. The van der Waals surface area contributed by atoms with E-state index in [2.05, 4.69) is 5.10 Å². The highest BCUT2D eigenvalue weighted by molar-refractivity contribution is 6.21. The molecule has 0 spiro atoms. The second-order valence-corrected chi connectivity index (χ2v) is 4.49. The predicted molar refractivity (Wildman–Crippen MR) is 77.5 cm³/mol. The Balaban J connectivity index is 1.88. The lowest BCUT2D eigenvalue weighted by molar-refractivity contribution is 0.0660. The summed E-state index contributed by atoms with van der Waals surface area (Å²) in [5.41, 5.74) is 1.50. The van der Waals surface area contributed by atoms with Gasteiger partial charge in [0.05, 0.1) is 24.5 Å². The molecule has 0 radical (unpaired) electrons. The lowest BCUT2D eigenvalue weighted by Gasteiger charge is -2.05. The molecule has 21 heavy (non-hydrogen) atoms. The number of carbonyl (C=O) groups excluding carboxylic acids is 2. The third-order valence-corrected chi connectivity index (χ3v) is 3.19. The van der Waals surface area contributed by atoms with Gasteiger partial charge in [0.1, 0.15) is 5.75 Å². The van der Waals surface area contributed by atoms with Crippen molar-refractivity contribution in [1.82, 2.24) is 5.01 Å². The van der Waals surface area contributed by atoms with Gasteiger partial charge in [-0.05, 0) is 29.8 Å². The molecule has 104 valence electrons. The summed E-state index contributed by atoms with van der Waals surface area (Å²) < 4.78 is 5.11. The normalized spacial score (nSPS) is 13.9. The summed E-state index contributed by atoms with van der Waals surface area (Å²) in [4.78, 5) is 24.2. The zero-order chi connectivity index (χ0) is 14.8. The molecule has 5 nitrogen and oxygen atoms in total. The molecule has 0 aromatic heterocycles. The number of hydrazone groups is 1. The number of amides is 2. The van der Waals surface area contributed by atoms with Crippen LogP contribution in [0.2, 0.25) is 0 Å². The monoisotopic (exact) mass is 280 g/mol. The van der Waals surface area contributed by atoms with Crippen molar-refractivity contribution in [3.05, 3.63) is 65.2 Å². The summed E-state index contributed by atoms with van der Waals surface area (Å²) in [5.74, 6) is -0.134. The molecule has 5 heteroatoms. The van der Waals surface area contributed by atoms with E-state index in [1.165, 1.54) is 6.21 Å². The Kier molecular flexibility index (Phi) is 3.23. The van der Waals surface area contributed by atoms with Crippen LogP contribution >= 0.6 is 0 Å². The standard InChI is InChI=1S/C16H12N2O3/c1-21-12-6-4-5-11(9-12)10-17-18-15(19)13-7-2-3-8-14(13)16(18)20/h2-10H,1H3. The van der Waals surface area contributed by atoms with Crippen molar-refractivity contribution < 1.29 is 14.3 Å². The number of fused-ring (bicyclic) bond motifs is 1. The van der Waals surface area contributed by atoms with Crippen LogP contribution in [0.15, 0.2) is 53.6 Å². The van der Waals surface area contributed by atoms with Crippen molar-refractivity contribution in [2.45, 2.75) is 0 Å². The Hall–Kier alpha value is -2.95. The molecule has 0 aliphatic carbocycles. The summed E-state index contributed by atoms with van der Waals surface area (Å²) in [6.07, 6.45) is 1.46. The zero-order valence-corrected chi connectivity index (χ0v) is 11.3. The number of hydrogen-bond acceptors (Lipinski definition) is 4. The van der Waals surface area contributed by atoms with Crippen molar-refractivity contribution in [1.29, 1.82) is 0 Å². The van der Waals surface area contributed by atoms with E-state index in [1.54, 1.807) is 43.5 Å². The minimum Gasteiger partial charge on any atom is -0.497 e. The fourth-order valence-corrected chi connectivity index (χ4v) is 2.13. The second kappa shape index (κ2) is 5.20. The van der Waals surface area contributed by atoms with E-state index in [1.807, 2.05) is 12.1 Å². The summed E-state index contributed by atoms with van der Waals surface area (Å²) in [7, 11) is 1.57. The van der Waals surface area contributed by atoms with E-state index in [9.17, 15) is 9.59 Å². The number of methoxy groups -OCH3 is 1. The second-order valence-electron chi connectivity index (χ2n) is 4.49. The molecule has 0 bridgehead atoms. The minimum atomic E-state index is -0.408. The molecule has 0 saturated heterocycles. The largest absolute Gasteiger partial charge is 0.497 e. The molecule has 0 unspecified atom stereocenters. The molecule has 2 amide bonds. The van der Waals surface area contributed by atoms with E-state index in [0.29, 0.717) is 16.9 Å². The molecule has 0 saturated carbocycles. The lowest BCUT2D eigenvalue weighted by Crippen LogP contribution is -2.23. The first-order valence-electron chi connectivity index (χ1n) is 6.36. The predicted octanol–water partition coefficient (Wildman–Crippen LogP) is 2.33. The number of carbonyl (C=O) groups is 2. The number of rotatable bonds is 3. The highest BCUT2D eigenvalue weighted by Crippen LogP contribution is 2.22. The molecule has 0 N–H and O–H groups in total. The fraction of sp³-hybridized carbons (Fsp3) is 0.0625. The Morgan fingerprint density at radius 1 is 1.00 bits per heavy atom. The molecule has 0 atom stereocenters. The maximum Gasteiger partial charge on any atom is 0.282 e. The van der Waals surface area contributed by atoms with E-state index in [0.717, 1.165) is 10.6 Å². The first-order chi connectivity index (χ1) is 10.2. The molecule has 1 aliphatic heterocycles. The number of hydrogen-bond donors (Lipinski definition) is 0. The van der Waals surface area contributed by atoms with Gasteiger partial charge in [0.2, 0.25) is 0 Å². The molecule has 2 aromatic rings. The molecule has 1 aliphatic rings. The summed E-state index contributed by atoms with van der Waals surface area (Å²) in [5, 5.41) is 4.88. The molecule has 3 rings (SSSR count). The van der Waals surface area contributed by atoms with Gasteiger partial charge >= 0.3 is 0 Å². The summed E-state index contributed by atoms with van der Waals surface area (Å²) in [6, 6.07) is 13.9. The summed E-state index contributed by atoms with van der Waals surface area (Å²) >= 11 is 0. The van der Waals surface area contributed by atoms with Gasteiger partial charge in [-0.1, -0.05) is 24.3 Å². The van der Waals surface area contributed by atoms with Crippen molar-refractivity contribution in [3.63, 3.8) is 0 Å². The first kappa shape index (κ1) is 13.1. The molecule has 1 heterocycles. The van der Waals surface area contributed by atoms with Crippen LogP contribution in [-0.4, -0.2) is 30.1 Å². The van der Waals surface area contributed by atoms with Crippen LogP contribution < -0.4 is 4.74 Å². The molecule has 0 fully saturated rings. The Morgan fingerprint density at radius 2 is 1.67 bits per heavy atom. The average molecular weight is 280 g/mol. The van der Waals surface area contributed by atoms with Crippen LogP contribution in [0, 0.1) is 0 Å². The van der Waals surface area contributed by atoms with E-state index in [-0.39, 0.29) is 0 Å². The van der Waals surface area contributed by atoms with Gasteiger partial charge in [-0.3, -0.25) is 9.59 Å². The van der Waals surface area contributed by atoms with E-state index < -0.39 is 11.8 Å².